The van der Waals surface area contributed by atoms with Crippen molar-refractivity contribution in [1.82, 2.24) is 4.90 Å². The van der Waals surface area contributed by atoms with Crippen molar-refractivity contribution in [2.75, 3.05) is 5.75 Å². The molecular weight excluding hydrogens is 332 g/mol. The average molecular weight is 346 g/mol. The van der Waals surface area contributed by atoms with Crippen LogP contribution in [0.2, 0.25) is 0 Å². The number of amidine groups is 1. The molecule has 2 aromatic carbocycles. The number of sulfonamides is 1. The smallest absolute Gasteiger partial charge is 0.284 e. The van der Waals surface area contributed by atoms with E-state index in [0.29, 0.717) is 6.54 Å². The highest BCUT2D eigenvalue weighted by Gasteiger charge is 2.30. The number of thioether (sulfide) groups is 1. The maximum atomic E-state index is 12.4. The van der Waals surface area contributed by atoms with Crippen LogP contribution in [0.4, 0.5) is 0 Å². The summed E-state index contributed by atoms with van der Waals surface area (Å²) in [6.45, 7) is 0.315. The molecule has 23 heavy (non-hydrogen) atoms. The highest BCUT2D eigenvalue weighted by molar-refractivity contribution is 8.15. The van der Waals surface area contributed by atoms with E-state index in [1.165, 1.54) is 17.0 Å². The van der Waals surface area contributed by atoms with E-state index in [9.17, 15) is 13.2 Å². The van der Waals surface area contributed by atoms with Gasteiger partial charge in [-0.05, 0) is 17.7 Å². The molecule has 2 aromatic rings. The zero-order chi connectivity index (χ0) is 16.3. The molecule has 1 amide bonds. The molecule has 5 nitrogen and oxygen atoms in total. The lowest BCUT2D eigenvalue weighted by Gasteiger charge is -2.15. The summed E-state index contributed by atoms with van der Waals surface area (Å²) in [5.41, 5.74) is 0.924. The zero-order valence-corrected chi connectivity index (χ0v) is 13.8. The van der Waals surface area contributed by atoms with Crippen LogP contribution in [0.15, 0.2) is 70.0 Å². The van der Waals surface area contributed by atoms with Gasteiger partial charge in [0.05, 0.1) is 17.2 Å². The third-order valence-electron chi connectivity index (χ3n) is 3.28. The van der Waals surface area contributed by atoms with Crippen molar-refractivity contribution in [3.8, 4) is 0 Å². The van der Waals surface area contributed by atoms with Crippen molar-refractivity contribution in [2.24, 2.45) is 4.40 Å². The first-order chi connectivity index (χ1) is 11.1. The number of nitrogens with zero attached hydrogens (tertiary/aromatic N) is 2. The van der Waals surface area contributed by atoms with E-state index in [2.05, 4.69) is 4.40 Å². The van der Waals surface area contributed by atoms with Gasteiger partial charge in [-0.1, -0.05) is 60.3 Å². The highest BCUT2D eigenvalue weighted by Crippen LogP contribution is 2.24. The van der Waals surface area contributed by atoms with Crippen molar-refractivity contribution < 1.29 is 13.2 Å². The fourth-order valence-corrected chi connectivity index (χ4v) is 4.28. The second-order valence-electron chi connectivity index (χ2n) is 4.92. The maximum Gasteiger partial charge on any atom is 0.284 e. The highest BCUT2D eigenvalue weighted by atomic mass is 32.2. The number of carbonyl (C=O) groups is 1. The second-order valence-corrected chi connectivity index (χ2v) is 7.46. The van der Waals surface area contributed by atoms with Gasteiger partial charge in [-0.25, -0.2) is 0 Å². The molecule has 118 valence electrons. The van der Waals surface area contributed by atoms with Gasteiger partial charge in [-0.2, -0.15) is 8.42 Å². The van der Waals surface area contributed by atoms with Crippen LogP contribution >= 0.6 is 11.8 Å². The molecule has 1 aliphatic heterocycles. The van der Waals surface area contributed by atoms with E-state index >= 15 is 0 Å². The monoisotopic (exact) mass is 346 g/mol. The Morgan fingerprint density at radius 2 is 1.61 bits per heavy atom. The summed E-state index contributed by atoms with van der Waals surface area (Å²) in [6.07, 6.45) is 0. The van der Waals surface area contributed by atoms with Gasteiger partial charge in [-0.3, -0.25) is 9.69 Å². The van der Waals surface area contributed by atoms with Gasteiger partial charge < -0.3 is 0 Å². The molecule has 0 aliphatic carbocycles. The standard InChI is InChI=1S/C16H14N2O3S2/c19-15-12-22-16(18(15)11-13-7-3-1-4-8-13)17-23(20,21)14-9-5-2-6-10-14/h1-10H,11-12H2/b17-16+. The average Bonchev–Trinajstić information content (AvgIpc) is 2.89. The van der Waals surface area contributed by atoms with Gasteiger partial charge in [0.15, 0.2) is 5.17 Å². The number of carbonyl (C=O) groups excluding carboxylic acids is 1. The maximum absolute atomic E-state index is 12.4. The summed E-state index contributed by atoms with van der Waals surface area (Å²) in [4.78, 5) is 13.6. The molecule has 0 unspecified atom stereocenters. The number of amides is 1. The van der Waals surface area contributed by atoms with Crippen molar-refractivity contribution in [2.45, 2.75) is 11.4 Å². The molecule has 7 heteroatoms. The Balaban J connectivity index is 1.90. The second kappa shape index (κ2) is 6.55. The van der Waals surface area contributed by atoms with Crippen LogP contribution in [0.3, 0.4) is 0 Å². The fraction of sp³-hybridized carbons (Fsp3) is 0.125. The van der Waals surface area contributed by atoms with Crippen LogP contribution in [-0.4, -0.2) is 30.1 Å². The Morgan fingerprint density at radius 3 is 2.26 bits per heavy atom. The van der Waals surface area contributed by atoms with Crippen molar-refractivity contribution in [3.63, 3.8) is 0 Å². The summed E-state index contributed by atoms with van der Waals surface area (Å²) in [5.74, 6) is 0.0663. The van der Waals surface area contributed by atoms with E-state index in [0.717, 1.165) is 17.3 Å². The molecule has 1 saturated heterocycles. The number of rotatable bonds is 4. The van der Waals surface area contributed by atoms with Crippen LogP contribution in [0, 0.1) is 0 Å². The predicted octanol–water partition coefficient (Wildman–Crippen LogP) is 2.51. The third-order valence-corrected chi connectivity index (χ3v) is 5.64. The Kier molecular flexibility index (Phi) is 4.49. The Bertz CT molecular complexity index is 834. The first-order valence-corrected chi connectivity index (χ1v) is 9.36. The lowest BCUT2D eigenvalue weighted by atomic mass is 10.2. The molecule has 0 N–H and O–H groups in total. The molecular formula is C16H14N2O3S2. The van der Waals surface area contributed by atoms with E-state index in [-0.39, 0.29) is 21.7 Å². The molecule has 0 saturated carbocycles. The van der Waals surface area contributed by atoms with Crippen molar-refractivity contribution >= 4 is 32.9 Å². The van der Waals surface area contributed by atoms with Gasteiger partial charge in [0.1, 0.15) is 0 Å². The van der Waals surface area contributed by atoms with E-state index in [1.54, 1.807) is 18.2 Å². The zero-order valence-electron chi connectivity index (χ0n) is 12.1. The van der Waals surface area contributed by atoms with Crippen LogP contribution in [-0.2, 0) is 21.4 Å². The molecule has 0 bridgehead atoms. The summed E-state index contributed by atoms with van der Waals surface area (Å²) in [7, 11) is -3.82. The summed E-state index contributed by atoms with van der Waals surface area (Å²) in [5, 5.41) is 0.225. The molecule has 0 radical (unpaired) electrons. The Labute approximate surface area is 139 Å². The fourth-order valence-electron chi connectivity index (χ4n) is 2.13. The predicted molar refractivity (Wildman–Crippen MR) is 90.5 cm³/mol. The summed E-state index contributed by atoms with van der Waals surface area (Å²) < 4.78 is 28.6. The number of benzene rings is 2. The van der Waals surface area contributed by atoms with Gasteiger partial charge in [0, 0.05) is 0 Å². The molecule has 1 fully saturated rings. The van der Waals surface area contributed by atoms with E-state index in [4.69, 9.17) is 0 Å². The Morgan fingerprint density at radius 1 is 1.00 bits per heavy atom. The van der Waals surface area contributed by atoms with Crippen LogP contribution in [0.1, 0.15) is 5.56 Å². The third kappa shape index (κ3) is 3.62. The normalized spacial score (nSPS) is 17.0. The topological polar surface area (TPSA) is 66.8 Å². The quantitative estimate of drug-likeness (QED) is 0.853. The molecule has 1 heterocycles. The summed E-state index contributed by atoms with van der Waals surface area (Å²) in [6, 6.07) is 17.4. The molecule has 3 rings (SSSR count). The molecule has 0 atom stereocenters. The van der Waals surface area contributed by atoms with Crippen molar-refractivity contribution in [1.29, 1.82) is 0 Å². The number of hydrogen-bond donors (Lipinski definition) is 0. The minimum atomic E-state index is -3.82. The molecule has 0 spiro atoms. The van der Waals surface area contributed by atoms with Crippen LogP contribution in [0.5, 0.6) is 0 Å². The number of hydrogen-bond acceptors (Lipinski definition) is 4. The minimum Gasteiger partial charge on any atom is -0.285 e. The molecule has 1 aliphatic rings. The molecule has 0 aromatic heterocycles. The van der Waals surface area contributed by atoms with E-state index in [1.807, 2.05) is 30.3 Å². The lowest BCUT2D eigenvalue weighted by molar-refractivity contribution is -0.124. The largest absolute Gasteiger partial charge is 0.285 e. The van der Waals surface area contributed by atoms with Gasteiger partial charge in [-0.15, -0.1) is 4.40 Å². The first-order valence-electron chi connectivity index (χ1n) is 6.93. The van der Waals surface area contributed by atoms with Gasteiger partial charge in [0.2, 0.25) is 5.91 Å². The van der Waals surface area contributed by atoms with Crippen LogP contribution < -0.4 is 0 Å². The van der Waals surface area contributed by atoms with Gasteiger partial charge >= 0.3 is 0 Å². The van der Waals surface area contributed by atoms with E-state index < -0.39 is 10.0 Å². The van der Waals surface area contributed by atoms with Gasteiger partial charge in [0.25, 0.3) is 10.0 Å². The Hall–Kier alpha value is -2.12. The summed E-state index contributed by atoms with van der Waals surface area (Å²) >= 11 is 1.15. The lowest BCUT2D eigenvalue weighted by Crippen LogP contribution is -2.29. The minimum absolute atomic E-state index is 0.118. The first kappa shape index (κ1) is 15.8. The van der Waals surface area contributed by atoms with Crippen molar-refractivity contribution in [3.05, 3.63) is 66.2 Å². The SMILES string of the molecule is O=C1CS/C(=N/S(=O)(=O)c2ccccc2)N1Cc1ccccc1. The van der Waals surface area contributed by atoms with Crippen LogP contribution in [0.25, 0.3) is 0 Å².